The normalized spacial score (nSPS) is 11.7. The van der Waals surface area contributed by atoms with Crippen LogP contribution in [0.1, 0.15) is 33.8 Å². The van der Waals surface area contributed by atoms with E-state index in [0.717, 1.165) is 5.56 Å². The Morgan fingerprint density at radius 1 is 1.24 bits per heavy atom. The first-order chi connectivity index (χ1) is 10.1. The summed E-state index contributed by atoms with van der Waals surface area (Å²) >= 11 is 1.29. The Morgan fingerprint density at radius 3 is 2.57 bits per heavy atom. The molecule has 0 radical (unpaired) electrons. The third kappa shape index (κ3) is 4.43. The monoisotopic (exact) mass is 303 g/mol. The van der Waals surface area contributed by atoms with Crippen LogP contribution < -0.4 is 5.32 Å². The summed E-state index contributed by atoms with van der Waals surface area (Å²) in [5.41, 5.74) is 2.18. The molecule has 4 nitrogen and oxygen atoms in total. The van der Waals surface area contributed by atoms with Crippen molar-refractivity contribution in [1.82, 2.24) is 5.32 Å². The Balaban J connectivity index is 1.81. The summed E-state index contributed by atoms with van der Waals surface area (Å²) in [4.78, 5) is 23.9. The third-order valence-corrected chi connectivity index (χ3v) is 3.86. The van der Waals surface area contributed by atoms with E-state index in [0.29, 0.717) is 4.88 Å². The molecule has 1 aromatic carbocycles. The molecule has 0 saturated carbocycles. The van der Waals surface area contributed by atoms with E-state index >= 15 is 0 Å². The molecule has 0 bridgehead atoms. The maximum absolute atomic E-state index is 11.8. The number of amides is 1. The fourth-order valence-corrected chi connectivity index (χ4v) is 2.43. The molecule has 1 aromatic heterocycles. The first-order valence-corrected chi connectivity index (χ1v) is 7.51. The molecule has 0 aliphatic carbocycles. The summed E-state index contributed by atoms with van der Waals surface area (Å²) in [7, 11) is 0. The van der Waals surface area contributed by atoms with Gasteiger partial charge < -0.3 is 10.1 Å². The van der Waals surface area contributed by atoms with Crippen LogP contribution in [0.4, 0.5) is 0 Å². The zero-order valence-electron chi connectivity index (χ0n) is 12.0. The van der Waals surface area contributed by atoms with E-state index in [9.17, 15) is 9.59 Å². The summed E-state index contributed by atoms with van der Waals surface area (Å²) in [6, 6.07) is 11.2. The first kappa shape index (κ1) is 15.3. The molecule has 0 saturated heterocycles. The van der Waals surface area contributed by atoms with Gasteiger partial charge in [0.1, 0.15) is 4.88 Å². The highest BCUT2D eigenvalue weighted by Crippen LogP contribution is 2.13. The number of thiophene rings is 1. The zero-order chi connectivity index (χ0) is 15.2. The van der Waals surface area contributed by atoms with Gasteiger partial charge in [-0.3, -0.25) is 4.79 Å². The maximum Gasteiger partial charge on any atom is 0.348 e. The molecule has 1 amide bonds. The lowest BCUT2D eigenvalue weighted by molar-refractivity contribution is -0.124. The van der Waals surface area contributed by atoms with Crippen LogP contribution in [0.2, 0.25) is 0 Å². The van der Waals surface area contributed by atoms with Crippen molar-refractivity contribution in [2.75, 3.05) is 6.61 Å². The first-order valence-electron chi connectivity index (χ1n) is 6.63. The van der Waals surface area contributed by atoms with Crippen LogP contribution in [0.25, 0.3) is 0 Å². The molecule has 0 spiro atoms. The third-order valence-electron chi connectivity index (χ3n) is 3.01. The number of rotatable bonds is 5. The second-order valence-corrected chi connectivity index (χ2v) is 5.70. The van der Waals surface area contributed by atoms with Crippen molar-refractivity contribution in [2.24, 2.45) is 0 Å². The molecule has 21 heavy (non-hydrogen) atoms. The van der Waals surface area contributed by atoms with Gasteiger partial charge >= 0.3 is 5.97 Å². The molecule has 5 heteroatoms. The molecular weight excluding hydrogens is 286 g/mol. The molecule has 2 aromatic rings. The number of esters is 1. The molecular formula is C16H17NO3S. The fraction of sp³-hybridized carbons (Fsp3) is 0.250. The minimum absolute atomic E-state index is 0.126. The fourth-order valence-electron chi connectivity index (χ4n) is 1.82. The van der Waals surface area contributed by atoms with Gasteiger partial charge in [-0.15, -0.1) is 11.3 Å². The second kappa shape index (κ2) is 7.04. The Hall–Kier alpha value is -2.14. The van der Waals surface area contributed by atoms with E-state index < -0.39 is 5.97 Å². The highest BCUT2D eigenvalue weighted by atomic mass is 32.1. The van der Waals surface area contributed by atoms with Gasteiger partial charge in [0.05, 0.1) is 6.04 Å². The van der Waals surface area contributed by atoms with Gasteiger partial charge in [0, 0.05) is 0 Å². The second-order valence-electron chi connectivity index (χ2n) is 4.75. The predicted octanol–water partition coefficient (Wildman–Crippen LogP) is 3.09. The highest BCUT2D eigenvalue weighted by molar-refractivity contribution is 7.11. The molecule has 2 rings (SSSR count). The van der Waals surface area contributed by atoms with E-state index in [1.165, 1.54) is 16.9 Å². The molecule has 0 fully saturated rings. The summed E-state index contributed by atoms with van der Waals surface area (Å²) in [6.45, 7) is 3.63. The van der Waals surface area contributed by atoms with Crippen molar-refractivity contribution in [1.29, 1.82) is 0 Å². The van der Waals surface area contributed by atoms with Crippen LogP contribution >= 0.6 is 11.3 Å². The van der Waals surface area contributed by atoms with Crippen molar-refractivity contribution in [3.63, 3.8) is 0 Å². The lowest BCUT2D eigenvalue weighted by atomic mass is 10.1. The van der Waals surface area contributed by atoms with Crippen LogP contribution in [0.5, 0.6) is 0 Å². The minimum atomic E-state index is -0.469. The molecule has 1 N–H and O–H groups in total. The maximum atomic E-state index is 11.8. The van der Waals surface area contributed by atoms with Gasteiger partial charge in [-0.2, -0.15) is 0 Å². The van der Waals surface area contributed by atoms with Crippen molar-refractivity contribution in [2.45, 2.75) is 19.9 Å². The van der Waals surface area contributed by atoms with Gasteiger partial charge in [-0.05, 0) is 30.9 Å². The zero-order valence-corrected chi connectivity index (χ0v) is 12.8. The van der Waals surface area contributed by atoms with Gasteiger partial charge in [0.2, 0.25) is 0 Å². The van der Waals surface area contributed by atoms with Crippen molar-refractivity contribution >= 4 is 23.2 Å². The van der Waals surface area contributed by atoms with Crippen LogP contribution in [-0.2, 0) is 9.53 Å². The van der Waals surface area contributed by atoms with Crippen LogP contribution in [0, 0.1) is 6.92 Å². The highest BCUT2D eigenvalue weighted by Gasteiger charge is 2.13. The number of aryl methyl sites for hydroxylation is 1. The number of carbonyl (C=O) groups is 2. The van der Waals surface area contributed by atoms with Crippen LogP contribution in [-0.4, -0.2) is 18.5 Å². The number of hydrogen-bond donors (Lipinski definition) is 1. The molecule has 0 aliphatic heterocycles. The minimum Gasteiger partial charge on any atom is -0.451 e. The number of ether oxygens (including phenoxy) is 1. The number of hydrogen-bond acceptors (Lipinski definition) is 4. The molecule has 1 heterocycles. The summed E-state index contributed by atoms with van der Waals surface area (Å²) in [5.74, 6) is -0.781. The molecule has 0 aliphatic rings. The van der Waals surface area contributed by atoms with Gasteiger partial charge in [0.25, 0.3) is 5.91 Å². The standard InChI is InChI=1S/C16H17NO3S/c1-11-5-7-13(8-6-11)12(2)17-15(18)10-20-16(19)14-4-3-9-21-14/h3-9,12H,10H2,1-2H3,(H,17,18)/t12-/m0/s1. The largest absolute Gasteiger partial charge is 0.451 e. The van der Waals surface area contributed by atoms with Crippen LogP contribution in [0.15, 0.2) is 41.8 Å². The number of nitrogens with one attached hydrogen (secondary N) is 1. The number of benzene rings is 1. The smallest absolute Gasteiger partial charge is 0.348 e. The number of carbonyl (C=O) groups excluding carboxylic acids is 2. The summed E-state index contributed by atoms with van der Waals surface area (Å²) in [5, 5.41) is 4.59. The average molecular weight is 303 g/mol. The van der Waals surface area contributed by atoms with E-state index in [-0.39, 0.29) is 18.6 Å². The van der Waals surface area contributed by atoms with E-state index in [1.54, 1.807) is 17.5 Å². The van der Waals surface area contributed by atoms with Crippen molar-refractivity contribution < 1.29 is 14.3 Å². The summed E-state index contributed by atoms with van der Waals surface area (Å²) < 4.78 is 4.96. The van der Waals surface area contributed by atoms with Gasteiger partial charge in [0.15, 0.2) is 6.61 Å². The van der Waals surface area contributed by atoms with Gasteiger partial charge in [-0.1, -0.05) is 35.9 Å². The van der Waals surface area contributed by atoms with Crippen molar-refractivity contribution in [3.8, 4) is 0 Å². The SMILES string of the molecule is Cc1ccc([C@H](C)NC(=O)COC(=O)c2cccs2)cc1. The van der Waals surface area contributed by atoms with Crippen molar-refractivity contribution in [3.05, 3.63) is 57.8 Å². The Kier molecular flexibility index (Phi) is 5.11. The average Bonchev–Trinajstić information content (AvgIpc) is 2.99. The lowest BCUT2D eigenvalue weighted by Gasteiger charge is -2.14. The Morgan fingerprint density at radius 2 is 1.95 bits per heavy atom. The quantitative estimate of drug-likeness (QED) is 0.864. The molecule has 1 atom stereocenters. The predicted molar refractivity (Wildman–Crippen MR) is 82.3 cm³/mol. The Bertz CT molecular complexity index is 605. The lowest BCUT2D eigenvalue weighted by Crippen LogP contribution is -2.31. The topological polar surface area (TPSA) is 55.4 Å². The van der Waals surface area contributed by atoms with E-state index in [4.69, 9.17) is 4.74 Å². The Labute approximate surface area is 127 Å². The van der Waals surface area contributed by atoms with E-state index in [2.05, 4.69) is 5.32 Å². The van der Waals surface area contributed by atoms with Gasteiger partial charge in [-0.25, -0.2) is 4.79 Å². The van der Waals surface area contributed by atoms with Crippen LogP contribution in [0.3, 0.4) is 0 Å². The molecule has 110 valence electrons. The molecule has 0 unspecified atom stereocenters. The van der Waals surface area contributed by atoms with E-state index in [1.807, 2.05) is 38.1 Å². The summed E-state index contributed by atoms with van der Waals surface area (Å²) in [6.07, 6.45) is 0.